The minimum atomic E-state index is 0.664. The molecule has 0 saturated carbocycles. The molecule has 0 aliphatic carbocycles. The van der Waals surface area contributed by atoms with E-state index in [9.17, 15) is 0 Å². The molecule has 0 amide bonds. The van der Waals surface area contributed by atoms with Crippen molar-refractivity contribution < 1.29 is 0 Å². The van der Waals surface area contributed by atoms with Gasteiger partial charge < -0.3 is 15.5 Å². The summed E-state index contributed by atoms with van der Waals surface area (Å²) in [6.45, 7) is 6.77. The van der Waals surface area contributed by atoms with Crippen molar-refractivity contribution >= 4 is 11.8 Å². The zero-order chi connectivity index (χ0) is 19.4. The van der Waals surface area contributed by atoms with E-state index < -0.39 is 0 Å². The zero-order valence-electron chi connectivity index (χ0n) is 17.0. The number of benzene rings is 1. The van der Waals surface area contributed by atoms with Crippen molar-refractivity contribution in [3.63, 3.8) is 0 Å². The van der Waals surface area contributed by atoms with Crippen molar-refractivity contribution in [2.24, 2.45) is 4.99 Å². The highest BCUT2D eigenvalue weighted by Crippen LogP contribution is 2.18. The molecule has 0 radical (unpaired) electrons. The molecule has 0 bridgehead atoms. The van der Waals surface area contributed by atoms with Crippen LogP contribution >= 0.6 is 0 Å². The molecule has 28 heavy (non-hydrogen) atoms. The van der Waals surface area contributed by atoms with Crippen LogP contribution in [0.25, 0.3) is 0 Å². The molecule has 5 heteroatoms. The Morgan fingerprint density at radius 3 is 2.64 bits per heavy atom. The SMILES string of the molecule is CCNC(=NCc1ccnc(N2CCCCC2)c1)NCCCc1ccccc1. The first-order chi connectivity index (χ1) is 13.8. The van der Waals surface area contributed by atoms with Crippen molar-refractivity contribution in [1.29, 1.82) is 0 Å². The van der Waals surface area contributed by atoms with Crippen LogP contribution in [0.4, 0.5) is 5.82 Å². The van der Waals surface area contributed by atoms with Gasteiger partial charge in [-0.2, -0.15) is 0 Å². The van der Waals surface area contributed by atoms with E-state index in [0.717, 1.165) is 50.8 Å². The highest BCUT2D eigenvalue weighted by molar-refractivity contribution is 5.79. The number of aromatic nitrogens is 1. The smallest absolute Gasteiger partial charge is 0.191 e. The Bertz CT molecular complexity index is 723. The van der Waals surface area contributed by atoms with Crippen LogP contribution in [0.3, 0.4) is 0 Å². The molecule has 150 valence electrons. The van der Waals surface area contributed by atoms with Crippen LogP contribution in [0, 0.1) is 0 Å². The second-order valence-electron chi connectivity index (χ2n) is 7.28. The Hall–Kier alpha value is -2.56. The van der Waals surface area contributed by atoms with Crippen LogP contribution in [0.1, 0.15) is 43.7 Å². The molecule has 0 atom stereocenters. The molecule has 1 saturated heterocycles. The lowest BCUT2D eigenvalue weighted by molar-refractivity contribution is 0.573. The van der Waals surface area contributed by atoms with E-state index in [0.29, 0.717) is 6.54 Å². The van der Waals surface area contributed by atoms with E-state index in [1.54, 1.807) is 0 Å². The molecule has 1 aliphatic heterocycles. The number of nitrogens with zero attached hydrogens (tertiary/aromatic N) is 3. The number of nitrogens with one attached hydrogen (secondary N) is 2. The second-order valence-corrected chi connectivity index (χ2v) is 7.28. The van der Waals surface area contributed by atoms with Crippen molar-refractivity contribution in [1.82, 2.24) is 15.6 Å². The minimum absolute atomic E-state index is 0.664. The van der Waals surface area contributed by atoms with Gasteiger partial charge in [0, 0.05) is 32.4 Å². The number of anilines is 1. The molecule has 2 aromatic rings. The summed E-state index contributed by atoms with van der Waals surface area (Å²) in [5, 5.41) is 6.79. The second kappa shape index (κ2) is 11.3. The van der Waals surface area contributed by atoms with Gasteiger partial charge in [-0.3, -0.25) is 0 Å². The summed E-state index contributed by atoms with van der Waals surface area (Å²) in [6, 6.07) is 14.9. The summed E-state index contributed by atoms with van der Waals surface area (Å²) in [7, 11) is 0. The fraction of sp³-hybridized carbons (Fsp3) is 0.478. The van der Waals surface area contributed by atoms with Crippen LogP contribution in [0.2, 0.25) is 0 Å². The Morgan fingerprint density at radius 1 is 1.04 bits per heavy atom. The lowest BCUT2D eigenvalue weighted by Crippen LogP contribution is -2.37. The predicted octanol–water partition coefficient (Wildman–Crippen LogP) is 3.76. The largest absolute Gasteiger partial charge is 0.357 e. The number of piperidine rings is 1. The number of aryl methyl sites for hydroxylation is 1. The first kappa shape index (κ1) is 20.2. The average molecular weight is 380 g/mol. The number of aliphatic imine (C=N–C) groups is 1. The summed E-state index contributed by atoms with van der Waals surface area (Å²) in [6.07, 6.45) is 7.94. The summed E-state index contributed by atoms with van der Waals surface area (Å²) >= 11 is 0. The van der Waals surface area contributed by atoms with E-state index in [1.807, 2.05) is 6.20 Å². The topological polar surface area (TPSA) is 52.6 Å². The lowest BCUT2D eigenvalue weighted by Gasteiger charge is -2.27. The van der Waals surface area contributed by atoms with Crippen molar-refractivity contribution in [2.75, 3.05) is 31.1 Å². The zero-order valence-corrected chi connectivity index (χ0v) is 17.0. The Balaban J connectivity index is 1.50. The molecule has 2 heterocycles. The standard InChI is InChI=1S/C23H33N5/c1-2-24-23(26-14-9-12-20-10-5-3-6-11-20)27-19-21-13-15-25-22(18-21)28-16-7-4-8-17-28/h3,5-6,10-11,13,15,18H,2,4,7-9,12,14,16-17,19H2,1H3,(H2,24,26,27). The van der Waals surface area contributed by atoms with E-state index in [4.69, 9.17) is 4.99 Å². The van der Waals surface area contributed by atoms with Crippen molar-refractivity contribution in [3.05, 3.63) is 59.8 Å². The van der Waals surface area contributed by atoms with E-state index >= 15 is 0 Å². The van der Waals surface area contributed by atoms with Crippen LogP contribution in [-0.2, 0) is 13.0 Å². The third-order valence-corrected chi connectivity index (χ3v) is 5.03. The fourth-order valence-corrected chi connectivity index (χ4v) is 3.51. The lowest BCUT2D eigenvalue weighted by atomic mass is 10.1. The monoisotopic (exact) mass is 379 g/mol. The molecular formula is C23H33N5. The van der Waals surface area contributed by atoms with Gasteiger partial charge >= 0.3 is 0 Å². The van der Waals surface area contributed by atoms with Crippen LogP contribution in [0.15, 0.2) is 53.7 Å². The molecular weight excluding hydrogens is 346 g/mol. The van der Waals surface area contributed by atoms with Gasteiger partial charge in [0.25, 0.3) is 0 Å². The fourth-order valence-electron chi connectivity index (χ4n) is 3.51. The summed E-state index contributed by atoms with van der Waals surface area (Å²) in [4.78, 5) is 11.7. The molecule has 0 unspecified atom stereocenters. The molecule has 3 rings (SSSR count). The third kappa shape index (κ3) is 6.55. The highest BCUT2D eigenvalue weighted by atomic mass is 15.2. The first-order valence-corrected chi connectivity index (χ1v) is 10.6. The molecule has 1 aliphatic rings. The Morgan fingerprint density at radius 2 is 1.86 bits per heavy atom. The number of pyridine rings is 1. The quantitative estimate of drug-likeness (QED) is 0.417. The van der Waals surface area contributed by atoms with E-state index in [-0.39, 0.29) is 0 Å². The number of hydrogen-bond acceptors (Lipinski definition) is 3. The Kier molecular flexibility index (Phi) is 8.16. The maximum absolute atomic E-state index is 4.76. The van der Waals surface area contributed by atoms with Crippen LogP contribution in [0.5, 0.6) is 0 Å². The summed E-state index contributed by atoms with van der Waals surface area (Å²) in [5.41, 5.74) is 2.59. The van der Waals surface area contributed by atoms with Crippen molar-refractivity contribution in [2.45, 2.75) is 45.6 Å². The number of rotatable bonds is 8. The number of hydrogen-bond donors (Lipinski definition) is 2. The van der Waals surface area contributed by atoms with Gasteiger partial charge in [-0.25, -0.2) is 9.98 Å². The molecule has 2 N–H and O–H groups in total. The van der Waals surface area contributed by atoms with Crippen LogP contribution in [-0.4, -0.2) is 37.1 Å². The molecule has 0 spiro atoms. The van der Waals surface area contributed by atoms with Gasteiger partial charge in [-0.1, -0.05) is 30.3 Å². The molecule has 1 aromatic heterocycles. The minimum Gasteiger partial charge on any atom is -0.357 e. The summed E-state index contributed by atoms with van der Waals surface area (Å²) < 4.78 is 0. The van der Waals surface area contributed by atoms with Gasteiger partial charge in [-0.15, -0.1) is 0 Å². The van der Waals surface area contributed by atoms with Crippen molar-refractivity contribution in [3.8, 4) is 0 Å². The predicted molar refractivity (Wildman–Crippen MR) is 118 cm³/mol. The Labute approximate surface area is 169 Å². The molecule has 5 nitrogen and oxygen atoms in total. The summed E-state index contributed by atoms with van der Waals surface area (Å²) in [5.74, 6) is 1.97. The van der Waals surface area contributed by atoms with Gasteiger partial charge in [0.05, 0.1) is 6.54 Å². The van der Waals surface area contributed by atoms with Gasteiger partial charge in [0.1, 0.15) is 5.82 Å². The normalized spacial score (nSPS) is 14.8. The molecule has 1 aromatic carbocycles. The maximum atomic E-state index is 4.76. The van der Waals surface area contributed by atoms with Gasteiger partial charge in [0.15, 0.2) is 5.96 Å². The number of guanidine groups is 1. The first-order valence-electron chi connectivity index (χ1n) is 10.6. The maximum Gasteiger partial charge on any atom is 0.191 e. The molecule has 1 fully saturated rings. The van der Waals surface area contributed by atoms with Crippen LogP contribution < -0.4 is 15.5 Å². The van der Waals surface area contributed by atoms with E-state index in [2.05, 4.69) is 69.9 Å². The average Bonchev–Trinajstić information content (AvgIpc) is 2.76. The highest BCUT2D eigenvalue weighted by Gasteiger charge is 2.12. The third-order valence-electron chi connectivity index (χ3n) is 5.03. The van der Waals surface area contributed by atoms with Gasteiger partial charge in [0.2, 0.25) is 0 Å². The van der Waals surface area contributed by atoms with Gasteiger partial charge in [-0.05, 0) is 62.3 Å². The van der Waals surface area contributed by atoms with E-state index in [1.165, 1.54) is 30.4 Å².